The molecule has 0 atom stereocenters. The predicted molar refractivity (Wildman–Crippen MR) is 70.4 cm³/mol. The summed E-state index contributed by atoms with van der Waals surface area (Å²) < 4.78 is 0. The molecule has 18 heavy (non-hydrogen) atoms. The van der Waals surface area contributed by atoms with Crippen LogP contribution in [-0.2, 0) is 0 Å². The van der Waals surface area contributed by atoms with Gasteiger partial charge in [0, 0.05) is 12.1 Å². The van der Waals surface area contributed by atoms with Gasteiger partial charge in [-0.3, -0.25) is 4.79 Å². The second-order valence-electron chi connectivity index (χ2n) is 4.98. The van der Waals surface area contributed by atoms with Crippen LogP contribution >= 0.6 is 0 Å². The Morgan fingerprint density at radius 3 is 3.17 bits per heavy atom. The molecule has 0 bridgehead atoms. The smallest absolute Gasteiger partial charge is 0.251 e. The van der Waals surface area contributed by atoms with Crippen molar-refractivity contribution in [1.82, 2.24) is 15.3 Å². The maximum Gasteiger partial charge on any atom is 0.251 e. The van der Waals surface area contributed by atoms with Crippen LogP contribution < -0.4 is 5.32 Å². The van der Waals surface area contributed by atoms with Gasteiger partial charge in [-0.2, -0.15) is 0 Å². The van der Waals surface area contributed by atoms with Crippen molar-refractivity contribution in [3.8, 4) is 0 Å². The third-order valence-electron chi connectivity index (χ3n) is 3.45. The van der Waals surface area contributed by atoms with Crippen molar-refractivity contribution < 1.29 is 4.79 Å². The minimum absolute atomic E-state index is 0.00213. The molecule has 3 rings (SSSR count). The van der Waals surface area contributed by atoms with E-state index in [2.05, 4.69) is 15.3 Å². The van der Waals surface area contributed by atoms with E-state index in [-0.39, 0.29) is 5.91 Å². The first-order valence-electron chi connectivity index (χ1n) is 6.54. The Labute approximate surface area is 106 Å². The number of aromatic amines is 1. The zero-order valence-electron chi connectivity index (χ0n) is 10.3. The number of nitrogens with one attached hydrogen (secondary N) is 2. The lowest BCUT2D eigenvalue weighted by Gasteiger charge is -2.04. The van der Waals surface area contributed by atoms with Gasteiger partial charge in [0.15, 0.2) is 0 Å². The number of amides is 1. The van der Waals surface area contributed by atoms with Crippen LogP contribution in [0.1, 0.15) is 36.0 Å². The molecule has 0 unspecified atom stereocenters. The summed E-state index contributed by atoms with van der Waals surface area (Å²) >= 11 is 0. The number of hydrogen-bond acceptors (Lipinski definition) is 2. The Hall–Kier alpha value is -1.84. The molecule has 1 aromatic heterocycles. The van der Waals surface area contributed by atoms with E-state index in [0.29, 0.717) is 5.56 Å². The van der Waals surface area contributed by atoms with Crippen molar-refractivity contribution in [3.05, 3.63) is 30.1 Å². The van der Waals surface area contributed by atoms with E-state index in [9.17, 15) is 4.79 Å². The zero-order valence-corrected chi connectivity index (χ0v) is 10.3. The first kappa shape index (κ1) is 11.3. The largest absolute Gasteiger partial charge is 0.352 e. The molecule has 0 spiro atoms. The van der Waals surface area contributed by atoms with Crippen LogP contribution in [0.5, 0.6) is 0 Å². The zero-order chi connectivity index (χ0) is 12.4. The molecular formula is C14H17N3O. The number of imidazole rings is 1. The maximum absolute atomic E-state index is 11.9. The van der Waals surface area contributed by atoms with Crippen LogP contribution in [0.3, 0.4) is 0 Å². The van der Waals surface area contributed by atoms with Gasteiger partial charge in [0.25, 0.3) is 5.91 Å². The maximum atomic E-state index is 11.9. The molecule has 4 nitrogen and oxygen atoms in total. The van der Waals surface area contributed by atoms with E-state index in [4.69, 9.17) is 0 Å². The van der Waals surface area contributed by atoms with Crippen molar-refractivity contribution in [3.63, 3.8) is 0 Å². The first-order valence-corrected chi connectivity index (χ1v) is 6.54. The van der Waals surface area contributed by atoms with E-state index in [1.54, 1.807) is 6.33 Å². The molecule has 1 aliphatic carbocycles. The molecule has 1 aliphatic rings. The number of hydrogen-bond donors (Lipinski definition) is 2. The van der Waals surface area contributed by atoms with E-state index in [1.807, 2.05) is 18.2 Å². The summed E-state index contributed by atoms with van der Waals surface area (Å²) in [4.78, 5) is 19.1. The average molecular weight is 243 g/mol. The number of nitrogens with zero attached hydrogens (tertiary/aromatic N) is 1. The quantitative estimate of drug-likeness (QED) is 0.793. The van der Waals surface area contributed by atoms with E-state index in [1.165, 1.54) is 19.3 Å². The molecule has 1 amide bonds. The Morgan fingerprint density at radius 1 is 1.44 bits per heavy atom. The molecule has 94 valence electrons. The van der Waals surface area contributed by atoms with Crippen molar-refractivity contribution in [2.45, 2.75) is 25.7 Å². The summed E-state index contributed by atoms with van der Waals surface area (Å²) in [6.45, 7) is 0.774. The van der Waals surface area contributed by atoms with Crippen molar-refractivity contribution in [2.24, 2.45) is 5.92 Å². The fourth-order valence-electron chi connectivity index (χ4n) is 2.18. The SMILES string of the molecule is O=C(NCCCC1CC1)c1ccc2nc[nH]c2c1. The highest BCUT2D eigenvalue weighted by molar-refractivity contribution is 5.97. The normalized spacial score (nSPS) is 14.9. The molecule has 2 aromatic rings. The van der Waals surface area contributed by atoms with Crippen LogP contribution in [0, 0.1) is 5.92 Å². The molecular weight excluding hydrogens is 226 g/mol. The number of fused-ring (bicyclic) bond motifs is 1. The van der Waals surface area contributed by atoms with Crippen LogP contribution in [0.25, 0.3) is 11.0 Å². The number of aromatic nitrogens is 2. The molecule has 0 radical (unpaired) electrons. The van der Waals surface area contributed by atoms with Gasteiger partial charge in [0.05, 0.1) is 17.4 Å². The van der Waals surface area contributed by atoms with Gasteiger partial charge in [-0.05, 0) is 37.0 Å². The lowest BCUT2D eigenvalue weighted by atomic mass is 10.2. The number of benzene rings is 1. The van der Waals surface area contributed by atoms with E-state index < -0.39 is 0 Å². The van der Waals surface area contributed by atoms with E-state index in [0.717, 1.165) is 29.9 Å². The molecule has 0 aliphatic heterocycles. The highest BCUT2D eigenvalue weighted by Gasteiger charge is 2.20. The summed E-state index contributed by atoms with van der Waals surface area (Å²) in [5.74, 6) is 0.936. The molecule has 2 N–H and O–H groups in total. The van der Waals surface area contributed by atoms with Crippen LogP contribution in [0.4, 0.5) is 0 Å². The van der Waals surface area contributed by atoms with Crippen molar-refractivity contribution >= 4 is 16.9 Å². The Kier molecular flexibility index (Phi) is 3.00. The Bertz CT molecular complexity index is 557. The topological polar surface area (TPSA) is 57.8 Å². The lowest BCUT2D eigenvalue weighted by Crippen LogP contribution is -2.24. The Morgan fingerprint density at radius 2 is 2.33 bits per heavy atom. The fourth-order valence-corrected chi connectivity index (χ4v) is 2.18. The molecule has 4 heteroatoms. The molecule has 1 saturated carbocycles. The Balaban J connectivity index is 1.56. The summed E-state index contributed by atoms with van der Waals surface area (Å²) in [5.41, 5.74) is 2.49. The molecule has 1 aromatic carbocycles. The second kappa shape index (κ2) is 4.80. The van der Waals surface area contributed by atoms with Gasteiger partial charge in [0.2, 0.25) is 0 Å². The number of carbonyl (C=O) groups excluding carboxylic acids is 1. The predicted octanol–water partition coefficient (Wildman–Crippen LogP) is 2.48. The van der Waals surface area contributed by atoms with Gasteiger partial charge in [-0.1, -0.05) is 12.8 Å². The van der Waals surface area contributed by atoms with Gasteiger partial charge in [0.1, 0.15) is 0 Å². The van der Waals surface area contributed by atoms with Crippen molar-refractivity contribution in [2.75, 3.05) is 6.54 Å². The minimum Gasteiger partial charge on any atom is -0.352 e. The number of rotatable bonds is 5. The van der Waals surface area contributed by atoms with Gasteiger partial charge in [-0.15, -0.1) is 0 Å². The highest BCUT2D eigenvalue weighted by Crippen LogP contribution is 2.33. The lowest BCUT2D eigenvalue weighted by molar-refractivity contribution is 0.0953. The average Bonchev–Trinajstić information content (AvgIpc) is 3.09. The summed E-state index contributed by atoms with van der Waals surface area (Å²) in [6.07, 6.45) is 6.74. The summed E-state index contributed by atoms with van der Waals surface area (Å²) in [6, 6.07) is 5.53. The molecule has 0 saturated heterocycles. The molecule has 1 fully saturated rings. The monoisotopic (exact) mass is 243 g/mol. The van der Waals surface area contributed by atoms with Crippen LogP contribution in [-0.4, -0.2) is 22.4 Å². The highest BCUT2D eigenvalue weighted by atomic mass is 16.1. The van der Waals surface area contributed by atoms with Crippen molar-refractivity contribution in [1.29, 1.82) is 0 Å². The summed E-state index contributed by atoms with van der Waals surface area (Å²) in [7, 11) is 0. The van der Waals surface area contributed by atoms with Gasteiger partial charge in [-0.25, -0.2) is 4.98 Å². The van der Waals surface area contributed by atoms with E-state index >= 15 is 0 Å². The molecule has 1 heterocycles. The van der Waals surface area contributed by atoms with Crippen LogP contribution in [0.15, 0.2) is 24.5 Å². The first-order chi connectivity index (χ1) is 8.83. The standard InChI is InChI=1S/C14H17N3O/c18-14(15-7-1-2-10-3-4-10)11-5-6-12-13(8-11)17-9-16-12/h5-6,8-10H,1-4,7H2,(H,15,18)(H,16,17). The second-order valence-corrected chi connectivity index (χ2v) is 4.98. The minimum atomic E-state index is 0.00213. The fraction of sp³-hybridized carbons (Fsp3) is 0.429. The van der Waals surface area contributed by atoms with Gasteiger partial charge < -0.3 is 10.3 Å². The third-order valence-corrected chi connectivity index (χ3v) is 3.45. The number of H-pyrrole nitrogens is 1. The van der Waals surface area contributed by atoms with Gasteiger partial charge >= 0.3 is 0 Å². The summed E-state index contributed by atoms with van der Waals surface area (Å²) in [5, 5.41) is 2.97. The van der Waals surface area contributed by atoms with Crippen LogP contribution in [0.2, 0.25) is 0 Å². The number of carbonyl (C=O) groups is 1. The third kappa shape index (κ3) is 2.53.